The third-order valence-corrected chi connectivity index (χ3v) is 4.11. The maximum Gasteiger partial charge on any atom is 0.240 e. The molecule has 1 N–H and O–H groups in total. The zero-order valence-corrected chi connectivity index (χ0v) is 14.4. The van der Waals surface area contributed by atoms with E-state index in [2.05, 4.69) is 5.32 Å². The van der Waals surface area contributed by atoms with Crippen LogP contribution in [0.3, 0.4) is 0 Å². The number of benzene rings is 1. The minimum atomic E-state index is -3.63. The summed E-state index contributed by atoms with van der Waals surface area (Å²) in [7, 11) is -3.63. The molecule has 1 rings (SSSR count). The molecule has 0 heterocycles. The standard InChI is InChI=1S/C13H18Cl2N2O3S/c1-9(2)7-16-13(18)8-17(21(3,19)20)12-5-10(14)4-11(15)6-12/h4-6,9H,7-8H2,1-3H3,(H,16,18). The smallest absolute Gasteiger partial charge is 0.240 e. The monoisotopic (exact) mass is 352 g/mol. The van der Waals surface area contributed by atoms with E-state index >= 15 is 0 Å². The fraction of sp³-hybridized carbons (Fsp3) is 0.462. The van der Waals surface area contributed by atoms with Crippen LogP contribution in [0.15, 0.2) is 18.2 Å². The molecule has 0 saturated carbocycles. The first kappa shape index (κ1) is 18.1. The van der Waals surface area contributed by atoms with Crippen molar-refractivity contribution in [1.29, 1.82) is 0 Å². The molecule has 0 fully saturated rings. The highest BCUT2D eigenvalue weighted by atomic mass is 35.5. The third kappa shape index (κ3) is 6.11. The first-order valence-electron chi connectivity index (χ1n) is 6.30. The van der Waals surface area contributed by atoms with Gasteiger partial charge in [0.2, 0.25) is 15.9 Å². The van der Waals surface area contributed by atoms with Gasteiger partial charge in [0.25, 0.3) is 0 Å². The van der Waals surface area contributed by atoms with Gasteiger partial charge in [-0.3, -0.25) is 9.10 Å². The van der Waals surface area contributed by atoms with Crippen LogP contribution in [-0.4, -0.2) is 33.7 Å². The van der Waals surface area contributed by atoms with Gasteiger partial charge in [0.1, 0.15) is 6.54 Å². The molecule has 1 amide bonds. The second kappa shape index (κ2) is 7.33. The summed E-state index contributed by atoms with van der Waals surface area (Å²) in [4.78, 5) is 11.9. The summed E-state index contributed by atoms with van der Waals surface area (Å²) in [6, 6.07) is 4.39. The normalized spacial score (nSPS) is 11.5. The summed E-state index contributed by atoms with van der Waals surface area (Å²) in [5, 5.41) is 3.27. The number of sulfonamides is 1. The molecule has 0 radical (unpaired) electrons. The van der Waals surface area contributed by atoms with Crippen molar-refractivity contribution >= 4 is 44.8 Å². The summed E-state index contributed by atoms with van der Waals surface area (Å²) >= 11 is 11.8. The third-order valence-electron chi connectivity index (χ3n) is 2.53. The molecule has 0 unspecified atom stereocenters. The van der Waals surface area contributed by atoms with Gasteiger partial charge in [-0.1, -0.05) is 37.0 Å². The van der Waals surface area contributed by atoms with Crippen molar-refractivity contribution in [2.45, 2.75) is 13.8 Å². The number of halogens is 2. The fourth-order valence-electron chi connectivity index (χ4n) is 1.59. The minimum Gasteiger partial charge on any atom is -0.354 e. The van der Waals surface area contributed by atoms with Gasteiger partial charge in [0, 0.05) is 16.6 Å². The lowest BCUT2D eigenvalue weighted by atomic mass is 10.2. The van der Waals surface area contributed by atoms with Crippen molar-refractivity contribution in [1.82, 2.24) is 5.32 Å². The summed E-state index contributed by atoms with van der Waals surface area (Å²) in [6.07, 6.45) is 1.03. The molecule has 0 aliphatic carbocycles. The average Bonchev–Trinajstić information content (AvgIpc) is 2.30. The van der Waals surface area contributed by atoms with Gasteiger partial charge in [0.05, 0.1) is 11.9 Å². The molecule has 0 bridgehead atoms. The summed E-state index contributed by atoms with van der Waals surface area (Å²) in [5.74, 6) is -0.105. The number of nitrogens with one attached hydrogen (secondary N) is 1. The Bertz CT molecular complexity index is 598. The van der Waals surface area contributed by atoms with E-state index in [4.69, 9.17) is 23.2 Å². The second-order valence-corrected chi connectivity index (χ2v) is 7.87. The van der Waals surface area contributed by atoms with Crippen LogP contribution in [0.1, 0.15) is 13.8 Å². The maximum absolute atomic E-state index is 11.9. The van der Waals surface area contributed by atoms with E-state index in [9.17, 15) is 13.2 Å². The number of carbonyl (C=O) groups excluding carboxylic acids is 1. The predicted octanol–water partition coefficient (Wildman–Crippen LogP) is 2.53. The molecular weight excluding hydrogens is 335 g/mol. The number of hydrogen-bond donors (Lipinski definition) is 1. The van der Waals surface area contributed by atoms with Crippen LogP contribution in [0.25, 0.3) is 0 Å². The maximum atomic E-state index is 11.9. The summed E-state index contributed by atoms with van der Waals surface area (Å²) in [6.45, 7) is 4.06. The largest absolute Gasteiger partial charge is 0.354 e. The van der Waals surface area contributed by atoms with Crippen LogP contribution in [0, 0.1) is 5.92 Å². The Balaban J connectivity index is 3.00. The number of amides is 1. The van der Waals surface area contributed by atoms with Crippen molar-refractivity contribution in [3.8, 4) is 0 Å². The molecule has 0 aliphatic heterocycles. The van der Waals surface area contributed by atoms with Crippen molar-refractivity contribution in [2.24, 2.45) is 5.92 Å². The Kier molecular flexibility index (Phi) is 6.31. The summed E-state index contributed by atoms with van der Waals surface area (Å²) in [5.41, 5.74) is 0.259. The quantitative estimate of drug-likeness (QED) is 0.855. The molecule has 0 saturated heterocycles. The average molecular weight is 353 g/mol. The Morgan fingerprint density at radius 2 is 1.76 bits per heavy atom. The zero-order chi connectivity index (χ0) is 16.2. The SMILES string of the molecule is CC(C)CNC(=O)CN(c1cc(Cl)cc(Cl)c1)S(C)(=O)=O. The van der Waals surface area contributed by atoms with E-state index < -0.39 is 10.0 Å². The number of hydrogen-bond acceptors (Lipinski definition) is 3. The Hall–Kier alpha value is -0.980. The number of rotatable bonds is 6. The first-order chi connectivity index (χ1) is 9.59. The summed E-state index contributed by atoms with van der Waals surface area (Å²) < 4.78 is 24.7. The van der Waals surface area contributed by atoms with E-state index in [-0.39, 0.29) is 24.1 Å². The second-order valence-electron chi connectivity index (χ2n) is 5.10. The topological polar surface area (TPSA) is 66.5 Å². The predicted molar refractivity (Wildman–Crippen MR) is 86.5 cm³/mol. The number of nitrogens with zero attached hydrogens (tertiary/aromatic N) is 1. The highest BCUT2D eigenvalue weighted by Gasteiger charge is 2.21. The van der Waals surface area contributed by atoms with E-state index in [0.717, 1.165) is 10.6 Å². The van der Waals surface area contributed by atoms with Crippen molar-refractivity contribution < 1.29 is 13.2 Å². The van der Waals surface area contributed by atoms with Gasteiger partial charge in [-0.15, -0.1) is 0 Å². The highest BCUT2D eigenvalue weighted by molar-refractivity contribution is 7.92. The molecule has 8 heteroatoms. The fourth-order valence-corrected chi connectivity index (χ4v) is 2.94. The van der Waals surface area contributed by atoms with Gasteiger partial charge < -0.3 is 5.32 Å². The van der Waals surface area contributed by atoms with E-state index in [0.29, 0.717) is 16.6 Å². The first-order valence-corrected chi connectivity index (χ1v) is 8.90. The lowest BCUT2D eigenvalue weighted by molar-refractivity contribution is -0.119. The molecule has 0 aromatic heterocycles. The molecular formula is C13H18Cl2N2O3S. The molecule has 118 valence electrons. The molecule has 5 nitrogen and oxygen atoms in total. The van der Waals surface area contributed by atoms with Gasteiger partial charge in [0.15, 0.2) is 0 Å². The van der Waals surface area contributed by atoms with Crippen LogP contribution in [-0.2, 0) is 14.8 Å². The molecule has 1 aromatic rings. The van der Waals surface area contributed by atoms with Crippen LogP contribution in [0.2, 0.25) is 10.0 Å². The van der Waals surface area contributed by atoms with Gasteiger partial charge in [-0.25, -0.2) is 8.42 Å². The van der Waals surface area contributed by atoms with E-state index in [1.54, 1.807) is 0 Å². The van der Waals surface area contributed by atoms with Crippen molar-refractivity contribution in [3.63, 3.8) is 0 Å². The van der Waals surface area contributed by atoms with E-state index in [1.165, 1.54) is 18.2 Å². The molecule has 0 atom stereocenters. The number of carbonyl (C=O) groups is 1. The Morgan fingerprint density at radius 1 is 1.24 bits per heavy atom. The molecule has 0 aliphatic rings. The molecule has 0 spiro atoms. The Morgan fingerprint density at radius 3 is 2.19 bits per heavy atom. The van der Waals surface area contributed by atoms with Crippen molar-refractivity contribution in [2.75, 3.05) is 23.7 Å². The van der Waals surface area contributed by atoms with Crippen LogP contribution < -0.4 is 9.62 Å². The van der Waals surface area contributed by atoms with Crippen LogP contribution in [0.4, 0.5) is 5.69 Å². The number of anilines is 1. The molecule has 1 aromatic carbocycles. The minimum absolute atomic E-state index is 0.259. The molecule has 21 heavy (non-hydrogen) atoms. The highest BCUT2D eigenvalue weighted by Crippen LogP contribution is 2.26. The van der Waals surface area contributed by atoms with Crippen molar-refractivity contribution in [3.05, 3.63) is 28.2 Å². The lowest BCUT2D eigenvalue weighted by Gasteiger charge is -2.22. The van der Waals surface area contributed by atoms with Gasteiger partial charge in [-0.05, 0) is 24.1 Å². The van der Waals surface area contributed by atoms with E-state index in [1.807, 2.05) is 13.8 Å². The lowest BCUT2D eigenvalue weighted by Crippen LogP contribution is -2.41. The van der Waals surface area contributed by atoms with Crippen LogP contribution in [0.5, 0.6) is 0 Å². The van der Waals surface area contributed by atoms with Gasteiger partial charge >= 0.3 is 0 Å². The zero-order valence-electron chi connectivity index (χ0n) is 12.1. The Labute approximate surface area is 135 Å². The van der Waals surface area contributed by atoms with Crippen LogP contribution >= 0.6 is 23.2 Å². The van der Waals surface area contributed by atoms with Gasteiger partial charge in [-0.2, -0.15) is 0 Å².